The van der Waals surface area contributed by atoms with Gasteiger partial charge in [0.1, 0.15) is 0 Å². The molecule has 0 aliphatic heterocycles. The minimum absolute atomic E-state index is 0.0425. The summed E-state index contributed by atoms with van der Waals surface area (Å²) in [4.78, 5) is 22.5. The van der Waals surface area contributed by atoms with Gasteiger partial charge in [0.15, 0.2) is 11.6 Å². The van der Waals surface area contributed by atoms with E-state index in [9.17, 15) is 9.59 Å². The van der Waals surface area contributed by atoms with Crippen LogP contribution in [0, 0.1) is 0 Å². The van der Waals surface area contributed by atoms with E-state index in [-0.39, 0.29) is 11.6 Å². The molecule has 0 heterocycles. The van der Waals surface area contributed by atoms with E-state index in [2.05, 4.69) is 0 Å². The lowest BCUT2D eigenvalue weighted by Gasteiger charge is -2.10. The van der Waals surface area contributed by atoms with Gasteiger partial charge in [-0.3, -0.25) is 9.59 Å². The number of hydrogen-bond donors (Lipinski definition) is 0. The molecule has 0 unspecified atom stereocenters. The van der Waals surface area contributed by atoms with Crippen molar-refractivity contribution < 1.29 is 9.59 Å². The molecule has 0 bridgehead atoms. The van der Waals surface area contributed by atoms with Gasteiger partial charge in [-0.1, -0.05) is 39.8 Å². The first-order chi connectivity index (χ1) is 9.58. The summed E-state index contributed by atoms with van der Waals surface area (Å²) in [6, 6.07) is 0. The average Bonchev–Trinajstić information content (AvgIpc) is 2.49. The highest BCUT2D eigenvalue weighted by molar-refractivity contribution is 6.07. The van der Waals surface area contributed by atoms with Gasteiger partial charge < -0.3 is 0 Å². The van der Waals surface area contributed by atoms with Crippen molar-refractivity contribution in [3.8, 4) is 0 Å². The number of allylic oxidation sites excluding steroid dienone is 10. The molecule has 0 aromatic carbocycles. The summed E-state index contributed by atoms with van der Waals surface area (Å²) in [5, 5.41) is 0. The van der Waals surface area contributed by atoms with Crippen LogP contribution in [-0.2, 0) is 9.59 Å². The standard InChI is InChI=1S/C14H12O2.2C2H6/c1-9-7-11(3-5-13(9)15)12-4-6-14(16)10(2)8-12;2*1-2/h3-8H,1-2H3;2*1-2H3/b12-11+;;. The maximum absolute atomic E-state index is 11.3. The quantitative estimate of drug-likeness (QED) is 0.650. The summed E-state index contributed by atoms with van der Waals surface area (Å²) in [6.45, 7) is 11.6. The topological polar surface area (TPSA) is 34.1 Å². The van der Waals surface area contributed by atoms with Gasteiger partial charge in [0.25, 0.3) is 0 Å². The predicted molar refractivity (Wildman–Crippen MR) is 85.5 cm³/mol. The fourth-order valence-corrected chi connectivity index (χ4v) is 1.66. The fourth-order valence-electron chi connectivity index (χ4n) is 1.66. The molecule has 0 spiro atoms. The van der Waals surface area contributed by atoms with Crippen molar-refractivity contribution in [3.05, 3.63) is 58.7 Å². The Hall–Kier alpha value is -1.96. The number of ketones is 2. The highest BCUT2D eigenvalue weighted by Crippen LogP contribution is 2.22. The lowest BCUT2D eigenvalue weighted by atomic mass is 9.93. The van der Waals surface area contributed by atoms with Crippen LogP contribution in [0.15, 0.2) is 58.7 Å². The molecule has 0 atom stereocenters. The third-order valence-electron chi connectivity index (χ3n) is 2.68. The van der Waals surface area contributed by atoms with Gasteiger partial charge in [0.05, 0.1) is 0 Å². The number of hydrogen-bond acceptors (Lipinski definition) is 2. The van der Waals surface area contributed by atoms with Crippen LogP contribution in [0.25, 0.3) is 0 Å². The maximum atomic E-state index is 11.3. The second kappa shape index (κ2) is 9.03. The van der Waals surface area contributed by atoms with Crippen molar-refractivity contribution in [2.24, 2.45) is 0 Å². The van der Waals surface area contributed by atoms with Crippen molar-refractivity contribution in [3.63, 3.8) is 0 Å². The Morgan fingerprint density at radius 2 is 0.900 bits per heavy atom. The van der Waals surface area contributed by atoms with Gasteiger partial charge >= 0.3 is 0 Å². The molecule has 0 radical (unpaired) electrons. The molecule has 2 aliphatic rings. The van der Waals surface area contributed by atoms with Gasteiger partial charge in [-0.05, 0) is 60.4 Å². The Bertz CT molecular complexity index is 476. The van der Waals surface area contributed by atoms with Crippen LogP contribution in [0.5, 0.6) is 0 Å². The van der Waals surface area contributed by atoms with Crippen LogP contribution in [0.4, 0.5) is 0 Å². The summed E-state index contributed by atoms with van der Waals surface area (Å²) in [6.07, 6.45) is 10.4. The van der Waals surface area contributed by atoms with Gasteiger partial charge in [-0.2, -0.15) is 0 Å². The molecule has 0 fully saturated rings. The molecular formula is C18H24O2. The molecule has 0 aromatic rings. The molecule has 0 saturated heterocycles. The van der Waals surface area contributed by atoms with Crippen LogP contribution in [0.1, 0.15) is 41.5 Å². The van der Waals surface area contributed by atoms with Crippen LogP contribution in [-0.4, -0.2) is 11.6 Å². The molecule has 2 heteroatoms. The average molecular weight is 272 g/mol. The second-order valence-electron chi connectivity index (χ2n) is 3.96. The fraction of sp³-hybridized carbons (Fsp3) is 0.333. The minimum atomic E-state index is 0.0425. The SMILES string of the molecule is CC.CC.CC1=C/C(=C2\C=CC(=O)C(C)=C2)C=CC1=O. The van der Waals surface area contributed by atoms with E-state index in [1.54, 1.807) is 38.2 Å². The molecule has 0 aromatic heterocycles. The van der Waals surface area contributed by atoms with Crippen LogP contribution < -0.4 is 0 Å². The van der Waals surface area contributed by atoms with E-state index < -0.39 is 0 Å². The van der Waals surface area contributed by atoms with E-state index in [4.69, 9.17) is 0 Å². The first-order valence-electron chi connectivity index (χ1n) is 7.13. The van der Waals surface area contributed by atoms with E-state index in [1.165, 1.54) is 0 Å². The molecule has 2 rings (SSSR count). The Kier molecular flexibility index (Phi) is 8.14. The monoisotopic (exact) mass is 272 g/mol. The number of rotatable bonds is 0. The van der Waals surface area contributed by atoms with Gasteiger partial charge in [-0.25, -0.2) is 0 Å². The molecule has 2 aliphatic carbocycles. The summed E-state index contributed by atoms with van der Waals surface area (Å²) in [5.74, 6) is 0.0850. The Morgan fingerprint density at radius 1 is 0.600 bits per heavy atom. The first-order valence-corrected chi connectivity index (χ1v) is 7.13. The zero-order valence-electron chi connectivity index (χ0n) is 13.3. The molecular weight excluding hydrogens is 248 g/mol. The summed E-state index contributed by atoms with van der Waals surface area (Å²) < 4.78 is 0. The van der Waals surface area contributed by atoms with Crippen molar-refractivity contribution in [2.75, 3.05) is 0 Å². The predicted octanol–water partition coefficient (Wildman–Crippen LogP) is 4.51. The molecule has 0 N–H and O–H groups in total. The Balaban J connectivity index is 0.000000829. The summed E-state index contributed by atoms with van der Waals surface area (Å²) in [5.41, 5.74) is 3.39. The summed E-state index contributed by atoms with van der Waals surface area (Å²) >= 11 is 0. The minimum Gasteiger partial charge on any atom is -0.290 e. The van der Waals surface area contributed by atoms with Crippen LogP contribution in [0.2, 0.25) is 0 Å². The number of carbonyl (C=O) groups is 2. The Morgan fingerprint density at radius 3 is 1.15 bits per heavy atom. The van der Waals surface area contributed by atoms with Gasteiger partial charge in [-0.15, -0.1) is 0 Å². The van der Waals surface area contributed by atoms with E-state index in [0.29, 0.717) is 0 Å². The second-order valence-corrected chi connectivity index (χ2v) is 3.96. The molecule has 0 amide bonds. The smallest absolute Gasteiger partial charge is 0.181 e. The largest absolute Gasteiger partial charge is 0.290 e. The molecule has 0 saturated carbocycles. The lowest BCUT2D eigenvalue weighted by Crippen LogP contribution is -2.04. The van der Waals surface area contributed by atoms with Crippen LogP contribution in [0.3, 0.4) is 0 Å². The zero-order valence-corrected chi connectivity index (χ0v) is 13.3. The van der Waals surface area contributed by atoms with Crippen LogP contribution >= 0.6 is 0 Å². The van der Waals surface area contributed by atoms with Gasteiger partial charge in [0, 0.05) is 0 Å². The highest BCUT2D eigenvalue weighted by Gasteiger charge is 2.11. The molecule has 20 heavy (non-hydrogen) atoms. The molecule has 108 valence electrons. The first kappa shape index (κ1) is 18.0. The van der Waals surface area contributed by atoms with E-state index in [0.717, 1.165) is 22.3 Å². The molecule has 2 nitrogen and oxygen atoms in total. The van der Waals surface area contributed by atoms with Crippen molar-refractivity contribution >= 4 is 11.6 Å². The third-order valence-corrected chi connectivity index (χ3v) is 2.68. The van der Waals surface area contributed by atoms with Crippen molar-refractivity contribution in [1.29, 1.82) is 0 Å². The summed E-state index contributed by atoms with van der Waals surface area (Å²) in [7, 11) is 0. The maximum Gasteiger partial charge on any atom is 0.181 e. The highest BCUT2D eigenvalue weighted by atomic mass is 16.1. The third kappa shape index (κ3) is 4.61. The van der Waals surface area contributed by atoms with E-state index in [1.807, 2.05) is 39.8 Å². The zero-order chi connectivity index (χ0) is 15.7. The Labute approximate surface area is 122 Å². The van der Waals surface area contributed by atoms with Crippen molar-refractivity contribution in [2.45, 2.75) is 41.5 Å². The van der Waals surface area contributed by atoms with E-state index >= 15 is 0 Å². The number of carbonyl (C=O) groups excluding carboxylic acids is 2. The normalized spacial score (nSPS) is 20.3. The van der Waals surface area contributed by atoms with Crippen molar-refractivity contribution in [1.82, 2.24) is 0 Å². The van der Waals surface area contributed by atoms with Gasteiger partial charge in [0.2, 0.25) is 0 Å². The lowest BCUT2D eigenvalue weighted by molar-refractivity contribution is -0.112.